The van der Waals surface area contributed by atoms with Gasteiger partial charge in [-0.05, 0) is 41.8 Å². The van der Waals surface area contributed by atoms with Crippen molar-refractivity contribution < 1.29 is 4.74 Å². The zero-order valence-corrected chi connectivity index (χ0v) is 15.0. The van der Waals surface area contributed by atoms with Gasteiger partial charge in [0.1, 0.15) is 12.1 Å². The molecule has 0 saturated heterocycles. The first-order valence-corrected chi connectivity index (χ1v) is 8.66. The van der Waals surface area contributed by atoms with Gasteiger partial charge in [-0.1, -0.05) is 41.4 Å². The number of halogens is 2. The zero-order valence-electron chi connectivity index (χ0n) is 13.5. The van der Waals surface area contributed by atoms with Crippen LogP contribution in [0.3, 0.4) is 0 Å². The van der Waals surface area contributed by atoms with Crippen LogP contribution in [-0.2, 0) is 0 Å². The molecule has 1 N–H and O–H groups in total. The van der Waals surface area contributed by atoms with Crippen LogP contribution in [-0.4, -0.2) is 21.9 Å². The fraction of sp³-hybridized carbons (Fsp3) is 0.222. The maximum atomic E-state index is 6.42. The van der Waals surface area contributed by atoms with Crippen molar-refractivity contribution in [2.75, 3.05) is 12.4 Å². The molecule has 2 aromatic carbocycles. The van der Waals surface area contributed by atoms with E-state index >= 15 is 0 Å². The van der Waals surface area contributed by atoms with Gasteiger partial charge < -0.3 is 10.1 Å². The molecule has 1 aliphatic rings. The van der Waals surface area contributed by atoms with E-state index in [0.717, 1.165) is 29.2 Å². The quantitative estimate of drug-likeness (QED) is 0.719. The van der Waals surface area contributed by atoms with E-state index in [1.54, 1.807) is 19.5 Å². The maximum absolute atomic E-state index is 6.42. The van der Waals surface area contributed by atoms with Gasteiger partial charge in [-0.3, -0.25) is 0 Å². The molecule has 25 heavy (non-hydrogen) atoms. The maximum Gasteiger partial charge on any atom is 0.222 e. The second-order valence-corrected chi connectivity index (χ2v) is 6.76. The Morgan fingerprint density at radius 3 is 2.88 bits per heavy atom. The average molecular weight is 375 g/mol. The molecule has 0 radical (unpaired) electrons. The van der Waals surface area contributed by atoms with E-state index in [2.05, 4.69) is 21.5 Å². The Bertz CT molecular complexity index is 912. The summed E-state index contributed by atoms with van der Waals surface area (Å²) >= 11 is 12.5. The first-order chi connectivity index (χ1) is 12.2. The standard InChI is InChI=1S/C18H16Cl2N4O/c1-25-13-4-2-3-11(7-13)17-9-16(23-18-21-10-22-24(17)18)14-6-5-12(19)8-15(14)20/h2-8,10,16-17H,9H2,1H3,(H,21,22,23). The second-order valence-electron chi connectivity index (χ2n) is 5.92. The lowest BCUT2D eigenvalue weighted by Crippen LogP contribution is -2.28. The van der Waals surface area contributed by atoms with Gasteiger partial charge in [-0.15, -0.1) is 0 Å². The Labute approximate surface area is 155 Å². The van der Waals surface area contributed by atoms with E-state index in [0.29, 0.717) is 10.0 Å². The molecule has 2 atom stereocenters. The number of benzene rings is 2. The summed E-state index contributed by atoms with van der Waals surface area (Å²) in [5.74, 6) is 1.54. The smallest absolute Gasteiger partial charge is 0.222 e. The number of rotatable bonds is 3. The highest BCUT2D eigenvalue weighted by Crippen LogP contribution is 2.40. The number of hydrogen-bond acceptors (Lipinski definition) is 4. The largest absolute Gasteiger partial charge is 0.497 e. The van der Waals surface area contributed by atoms with Gasteiger partial charge in [0, 0.05) is 10.0 Å². The van der Waals surface area contributed by atoms with Crippen LogP contribution in [0.2, 0.25) is 10.0 Å². The van der Waals surface area contributed by atoms with E-state index in [1.807, 2.05) is 35.0 Å². The third-order valence-corrected chi connectivity index (χ3v) is 5.01. The minimum absolute atomic E-state index is 0.0117. The molecule has 1 aromatic heterocycles. The summed E-state index contributed by atoms with van der Waals surface area (Å²) in [4.78, 5) is 4.34. The van der Waals surface area contributed by atoms with Crippen LogP contribution >= 0.6 is 23.2 Å². The van der Waals surface area contributed by atoms with Crippen molar-refractivity contribution in [2.45, 2.75) is 18.5 Å². The minimum Gasteiger partial charge on any atom is -0.497 e. The number of hydrogen-bond donors (Lipinski definition) is 1. The van der Waals surface area contributed by atoms with Crippen molar-refractivity contribution in [1.29, 1.82) is 0 Å². The average Bonchev–Trinajstić information content (AvgIpc) is 3.09. The molecule has 2 unspecified atom stereocenters. The molecule has 0 saturated carbocycles. The number of fused-ring (bicyclic) bond motifs is 1. The van der Waals surface area contributed by atoms with E-state index < -0.39 is 0 Å². The van der Waals surface area contributed by atoms with Crippen molar-refractivity contribution >= 4 is 29.2 Å². The zero-order chi connectivity index (χ0) is 17.4. The SMILES string of the molecule is COc1cccc(C2CC(c3ccc(Cl)cc3Cl)Nc3ncnn32)c1. The van der Waals surface area contributed by atoms with Gasteiger partial charge in [-0.2, -0.15) is 10.1 Å². The highest BCUT2D eigenvalue weighted by atomic mass is 35.5. The predicted octanol–water partition coefficient (Wildman–Crippen LogP) is 4.74. The van der Waals surface area contributed by atoms with Crippen molar-refractivity contribution in [3.63, 3.8) is 0 Å². The number of ether oxygens (including phenoxy) is 1. The van der Waals surface area contributed by atoms with E-state index in [4.69, 9.17) is 27.9 Å². The minimum atomic E-state index is 0.0117. The molecule has 4 rings (SSSR count). The third-order valence-electron chi connectivity index (χ3n) is 4.45. The Morgan fingerprint density at radius 1 is 1.20 bits per heavy atom. The van der Waals surface area contributed by atoms with Crippen LogP contribution in [0.1, 0.15) is 29.6 Å². The summed E-state index contributed by atoms with van der Waals surface area (Å²) in [7, 11) is 1.67. The molecule has 0 spiro atoms. The van der Waals surface area contributed by atoms with Gasteiger partial charge in [0.15, 0.2) is 0 Å². The van der Waals surface area contributed by atoms with Crippen LogP contribution in [0.15, 0.2) is 48.8 Å². The molecule has 128 valence electrons. The highest BCUT2D eigenvalue weighted by Gasteiger charge is 2.31. The molecule has 0 fully saturated rings. The lowest BCUT2D eigenvalue weighted by atomic mass is 9.93. The first kappa shape index (κ1) is 16.2. The topological polar surface area (TPSA) is 52.0 Å². The number of aromatic nitrogens is 3. The second kappa shape index (κ2) is 6.58. The molecule has 1 aliphatic heterocycles. The molecule has 0 amide bonds. The van der Waals surface area contributed by atoms with Gasteiger partial charge in [0.25, 0.3) is 0 Å². The van der Waals surface area contributed by atoms with Gasteiger partial charge in [-0.25, -0.2) is 4.68 Å². The highest BCUT2D eigenvalue weighted by molar-refractivity contribution is 6.35. The van der Waals surface area contributed by atoms with Crippen molar-refractivity contribution in [1.82, 2.24) is 14.8 Å². The number of nitrogens with zero attached hydrogens (tertiary/aromatic N) is 3. The normalized spacial score (nSPS) is 19.2. The molecule has 2 heterocycles. The fourth-order valence-electron chi connectivity index (χ4n) is 3.23. The van der Waals surface area contributed by atoms with Crippen LogP contribution in [0.4, 0.5) is 5.95 Å². The number of anilines is 1. The monoisotopic (exact) mass is 374 g/mol. The van der Waals surface area contributed by atoms with E-state index in [1.165, 1.54) is 0 Å². The fourth-order valence-corrected chi connectivity index (χ4v) is 3.77. The summed E-state index contributed by atoms with van der Waals surface area (Å²) in [5, 5.41) is 9.06. The summed E-state index contributed by atoms with van der Waals surface area (Å²) in [6.07, 6.45) is 2.34. The Balaban J connectivity index is 1.75. The lowest BCUT2D eigenvalue weighted by molar-refractivity contribution is 0.406. The third kappa shape index (κ3) is 3.05. The molecule has 7 heteroatoms. The Kier molecular flexibility index (Phi) is 4.27. The van der Waals surface area contributed by atoms with Crippen molar-refractivity contribution in [3.8, 4) is 5.75 Å². The molecular weight excluding hydrogens is 359 g/mol. The predicted molar refractivity (Wildman–Crippen MR) is 98.6 cm³/mol. The van der Waals surface area contributed by atoms with Gasteiger partial charge in [0.05, 0.1) is 19.2 Å². The van der Waals surface area contributed by atoms with E-state index in [-0.39, 0.29) is 12.1 Å². The van der Waals surface area contributed by atoms with Crippen LogP contribution in [0.5, 0.6) is 5.75 Å². The molecule has 0 bridgehead atoms. The van der Waals surface area contributed by atoms with Gasteiger partial charge >= 0.3 is 0 Å². The van der Waals surface area contributed by atoms with Crippen LogP contribution in [0, 0.1) is 0 Å². The van der Waals surface area contributed by atoms with Crippen molar-refractivity contribution in [2.24, 2.45) is 0 Å². The first-order valence-electron chi connectivity index (χ1n) is 7.90. The molecule has 3 aromatic rings. The molecule has 0 aliphatic carbocycles. The Hall–Kier alpha value is -2.24. The number of nitrogens with one attached hydrogen (secondary N) is 1. The van der Waals surface area contributed by atoms with E-state index in [9.17, 15) is 0 Å². The lowest BCUT2D eigenvalue weighted by Gasteiger charge is -2.32. The molecule has 5 nitrogen and oxygen atoms in total. The van der Waals surface area contributed by atoms with Gasteiger partial charge in [0.2, 0.25) is 5.95 Å². The van der Waals surface area contributed by atoms with Crippen molar-refractivity contribution in [3.05, 3.63) is 70.0 Å². The Morgan fingerprint density at radius 2 is 2.08 bits per heavy atom. The number of methoxy groups -OCH3 is 1. The summed E-state index contributed by atoms with van der Waals surface area (Å²) in [6, 6.07) is 13.6. The summed E-state index contributed by atoms with van der Waals surface area (Å²) in [5.41, 5.74) is 2.11. The summed E-state index contributed by atoms with van der Waals surface area (Å²) < 4.78 is 7.26. The molecular formula is C18H16Cl2N4O. The van der Waals surface area contributed by atoms with Crippen LogP contribution < -0.4 is 10.1 Å². The van der Waals surface area contributed by atoms with Crippen LogP contribution in [0.25, 0.3) is 0 Å². The summed E-state index contributed by atoms with van der Waals surface area (Å²) in [6.45, 7) is 0.